The van der Waals surface area contributed by atoms with Crippen LogP contribution in [0.4, 0.5) is 23.2 Å². The van der Waals surface area contributed by atoms with Crippen LogP contribution in [0.1, 0.15) is 12.1 Å². The molecule has 2 heterocycles. The number of amides is 2. The summed E-state index contributed by atoms with van der Waals surface area (Å²) in [5.41, 5.74) is -0.193. The summed E-state index contributed by atoms with van der Waals surface area (Å²) in [4.78, 5) is 59.3. The standard InChI is InChI=1S/C21H18ClF4N5O5S/c1-4-5-31(36-3)18(34)14(8-16(27)32)37-19(31)28-12-7-13(11(23)6-10(12)22)30-17(33)9-15(21(24,25)26)29(2)20(30)35/h4,6-7,9,14H,1,5,8H2,2-3H3,(H-,27,32)/p+1. The molecule has 1 aromatic heterocycles. The second kappa shape index (κ2) is 10.2. The van der Waals surface area contributed by atoms with Gasteiger partial charge in [0.05, 0.1) is 29.9 Å². The molecular weight excluding hydrogens is 546 g/mol. The number of hydrogen-bond acceptors (Lipinski definition) is 7. The molecule has 0 saturated carbocycles. The number of benzene rings is 1. The predicted octanol–water partition coefficient (Wildman–Crippen LogP) is 2.42. The fraction of sp³-hybridized carbons (Fsp3) is 0.286. The van der Waals surface area contributed by atoms with Crippen molar-refractivity contribution in [2.24, 2.45) is 17.8 Å². The van der Waals surface area contributed by atoms with Crippen LogP contribution in [0.25, 0.3) is 5.69 Å². The summed E-state index contributed by atoms with van der Waals surface area (Å²) < 4.78 is 53.9. The highest BCUT2D eigenvalue weighted by Crippen LogP contribution is 2.39. The van der Waals surface area contributed by atoms with Crippen molar-refractivity contribution in [1.82, 2.24) is 9.13 Å². The second-order valence-corrected chi connectivity index (χ2v) is 9.28. The third-order valence-corrected chi connectivity index (χ3v) is 6.91. The van der Waals surface area contributed by atoms with Crippen LogP contribution in [0.15, 0.2) is 45.4 Å². The van der Waals surface area contributed by atoms with Crippen molar-refractivity contribution in [3.05, 3.63) is 68.2 Å². The van der Waals surface area contributed by atoms with E-state index >= 15 is 0 Å². The number of primary amides is 1. The number of nitrogens with zero attached hydrogens (tertiary/aromatic N) is 4. The number of halogens is 5. The minimum atomic E-state index is -5.01. The van der Waals surface area contributed by atoms with Gasteiger partial charge in [-0.25, -0.2) is 18.5 Å². The van der Waals surface area contributed by atoms with E-state index in [1.807, 2.05) is 0 Å². The maximum absolute atomic E-state index is 14.8. The Morgan fingerprint density at radius 1 is 1.32 bits per heavy atom. The van der Waals surface area contributed by atoms with Gasteiger partial charge >= 0.3 is 22.9 Å². The Morgan fingerprint density at radius 3 is 2.51 bits per heavy atom. The van der Waals surface area contributed by atoms with Crippen molar-refractivity contribution in [2.75, 3.05) is 13.7 Å². The van der Waals surface area contributed by atoms with Crippen molar-refractivity contribution in [3.8, 4) is 5.69 Å². The van der Waals surface area contributed by atoms with Crippen LogP contribution in [-0.2, 0) is 27.7 Å². The number of aliphatic imine (C=N–C) groups is 1. The van der Waals surface area contributed by atoms with E-state index in [-0.39, 0.29) is 44.0 Å². The fourth-order valence-electron chi connectivity index (χ4n) is 3.61. The summed E-state index contributed by atoms with van der Waals surface area (Å²) in [5.74, 6) is -2.55. The summed E-state index contributed by atoms with van der Waals surface area (Å²) in [6.45, 7) is 3.46. The first-order chi connectivity index (χ1) is 17.2. The Balaban J connectivity index is 2.25. The number of alkyl halides is 3. The Kier molecular flexibility index (Phi) is 7.83. The lowest BCUT2D eigenvalue weighted by atomic mass is 10.2. The molecule has 2 N–H and O–H groups in total. The highest BCUT2D eigenvalue weighted by Gasteiger charge is 2.57. The third-order valence-electron chi connectivity index (χ3n) is 5.36. The number of aromatic nitrogens is 2. The molecule has 2 unspecified atom stereocenters. The molecule has 2 amide bonds. The Hall–Kier alpha value is -3.27. The van der Waals surface area contributed by atoms with Gasteiger partial charge in [-0.3, -0.25) is 14.2 Å². The molecule has 0 bridgehead atoms. The van der Waals surface area contributed by atoms with E-state index < -0.39 is 56.3 Å². The molecule has 3 rings (SSSR count). The van der Waals surface area contributed by atoms with Gasteiger partial charge in [-0.15, -0.1) is 0 Å². The van der Waals surface area contributed by atoms with Crippen LogP contribution < -0.4 is 17.0 Å². The molecule has 0 aliphatic carbocycles. The average Bonchev–Trinajstić information content (AvgIpc) is 3.03. The smallest absolute Gasteiger partial charge is 0.370 e. The van der Waals surface area contributed by atoms with Gasteiger partial charge in [-0.2, -0.15) is 23.0 Å². The van der Waals surface area contributed by atoms with E-state index in [4.69, 9.17) is 22.2 Å². The van der Waals surface area contributed by atoms with Crippen molar-refractivity contribution in [3.63, 3.8) is 0 Å². The molecule has 0 spiro atoms. The SMILES string of the molecule is C=CC[N+]1(OC)C(=O)C(CC(N)=O)SC1=Nc1cc(-n2c(=O)cc(C(F)(F)F)n(C)c2=O)c(F)cc1Cl. The zero-order valence-corrected chi connectivity index (χ0v) is 20.8. The summed E-state index contributed by atoms with van der Waals surface area (Å²) in [5, 5.41) is -1.35. The topological polar surface area (TPSA) is 126 Å². The van der Waals surface area contributed by atoms with Gasteiger partial charge < -0.3 is 5.73 Å². The molecule has 2 atom stereocenters. The third kappa shape index (κ3) is 5.12. The number of carbonyl (C=O) groups excluding carboxylic acids is 2. The minimum absolute atomic E-state index is 0.0502. The van der Waals surface area contributed by atoms with E-state index in [0.717, 1.165) is 24.9 Å². The normalized spacial score (nSPS) is 21.0. The number of hydrogen-bond donors (Lipinski definition) is 1. The van der Waals surface area contributed by atoms with Gasteiger partial charge in [0.25, 0.3) is 5.56 Å². The largest absolute Gasteiger partial charge is 0.431 e. The molecule has 37 heavy (non-hydrogen) atoms. The van der Waals surface area contributed by atoms with Gasteiger partial charge in [0.2, 0.25) is 5.91 Å². The number of quaternary nitrogens is 1. The maximum Gasteiger partial charge on any atom is 0.431 e. The Bertz CT molecular complexity index is 1450. The number of amidine groups is 1. The monoisotopic (exact) mass is 564 g/mol. The molecule has 0 radical (unpaired) electrons. The first-order valence-electron chi connectivity index (χ1n) is 10.2. The highest BCUT2D eigenvalue weighted by atomic mass is 35.5. The fourth-order valence-corrected chi connectivity index (χ4v) is 5.13. The number of carbonyl (C=O) groups is 2. The maximum atomic E-state index is 14.8. The molecule has 1 aliphatic heterocycles. The molecule has 1 fully saturated rings. The summed E-state index contributed by atoms with van der Waals surface area (Å²) in [7, 11) is 1.97. The first-order valence-corrected chi connectivity index (χ1v) is 11.5. The number of thioether (sulfide) groups is 1. The van der Waals surface area contributed by atoms with Gasteiger partial charge in [0.15, 0.2) is 0 Å². The van der Waals surface area contributed by atoms with E-state index in [1.54, 1.807) is 0 Å². The van der Waals surface area contributed by atoms with Gasteiger partial charge in [-0.1, -0.05) is 22.8 Å². The van der Waals surface area contributed by atoms with Crippen LogP contribution in [0, 0.1) is 5.82 Å². The lowest BCUT2D eigenvalue weighted by Crippen LogP contribution is -2.53. The Morgan fingerprint density at radius 2 is 1.97 bits per heavy atom. The lowest BCUT2D eigenvalue weighted by Gasteiger charge is -2.24. The van der Waals surface area contributed by atoms with Crippen LogP contribution in [0.5, 0.6) is 0 Å². The molecule has 198 valence electrons. The zero-order valence-electron chi connectivity index (χ0n) is 19.2. The number of nitrogens with two attached hydrogens (primary N) is 1. The van der Waals surface area contributed by atoms with E-state index in [0.29, 0.717) is 6.07 Å². The molecular formula is C21H19ClF4N5O5S+. The second-order valence-electron chi connectivity index (χ2n) is 7.70. The van der Waals surface area contributed by atoms with E-state index in [2.05, 4.69) is 11.6 Å². The van der Waals surface area contributed by atoms with E-state index in [1.165, 1.54) is 13.2 Å². The summed E-state index contributed by atoms with van der Waals surface area (Å²) in [6.07, 6.45) is -4.00. The van der Waals surface area contributed by atoms with Crippen molar-refractivity contribution in [1.29, 1.82) is 0 Å². The van der Waals surface area contributed by atoms with Crippen molar-refractivity contribution >= 4 is 46.0 Å². The number of rotatable bonds is 7. The molecule has 1 aromatic carbocycles. The number of hydroxylamine groups is 3. The van der Waals surface area contributed by atoms with Gasteiger partial charge in [0.1, 0.15) is 23.3 Å². The summed E-state index contributed by atoms with van der Waals surface area (Å²) >= 11 is 6.96. The van der Waals surface area contributed by atoms with E-state index in [9.17, 15) is 36.7 Å². The first kappa shape index (κ1) is 28.3. The van der Waals surface area contributed by atoms with Crippen LogP contribution in [-0.4, -0.2) is 49.7 Å². The van der Waals surface area contributed by atoms with Crippen molar-refractivity contribution < 1.29 is 36.6 Å². The Labute approximate surface area is 215 Å². The predicted molar refractivity (Wildman–Crippen MR) is 127 cm³/mol. The average molecular weight is 565 g/mol. The lowest BCUT2D eigenvalue weighted by molar-refractivity contribution is -0.958. The molecule has 1 saturated heterocycles. The van der Waals surface area contributed by atoms with Gasteiger partial charge in [-0.05, 0) is 30.0 Å². The molecule has 10 nitrogen and oxygen atoms in total. The molecule has 16 heteroatoms. The van der Waals surface area contributed by atoms with Crippen LogP contribution in [0.2, 0.25) is 5.02 Å². The molecule has 1 aliphatic rings. The zero-order chi connectivity index (χ0) is 27.9. The highest BCUT2D eigenvalue weighted by molar-refractivity contribution is 8.15. The molecule has 2 aromatic rings. The van der Waals surface area contributed by atoms with Crippen molar-refractivity contribution in [2.45, 2.75) is 17.8 Å². The van der Waals surface area contributed by atoms with Gasteiger partial charge in [0, 0.05) is 13.1 Å². The van der Waals surface area contributed by atoms with Crippen LogP contribution in [0.3, 0.4) is 0 Å². The summed E-state index contributed by atoms with van der Waals surface area (Å²) in [6, 6.07) is 1.72. The van der Waals surface area contributed by atoms with Crippen LogP contribution >= 0.6 is 23.4 Å². The quantitative estimate of drug-likeness (QED) is 0.313. The minimum Gasteiger partial charge on any atom is -0.370 e.